The largest absolute Gasteiger partial charge is 0.481 e. The molecule has 1 unspecified atom stereocenters. The van der Waals surface area contributed by atoms with Gasteiger partial charge >= 0.3 is 5.97 Å². The molecule has 0 saturated heterocycles. The average Bonchev–Trinajstić information content (AvgIpc) is 2.26. The molecular formula is C14H20O3. The van der Waals surface area contributed by atoms with E-state index in [2.05, 4.69) is 13.8 Å². The smallest absolute Gasteiger partial charge is 0.307 e. The normalized spacial score (nSPS) is 12.7. The monoisotopic (exact) mass is 236 g/mol. The molecule has 1 rings (SSSR count). The van der Waals surface area contributed by atoms with E-state index >= 15 is 0 Å². The van der Waals surface area contributed by atoms with Crippen LogP contribution in [0.15, 0.2) is 24.3 Å². The number of ether oxygens (including phenoxy) is 1. The van der Waals surface area contributed by atoms with Crippen LogP contribution in [0.3, 0.4) is 0 Å². The van der Waals surface area contributed by atoms with Crippen LogP contribution in [0, 0.1) is 5.92 Å². The van der Waals surface area contributed by atoms with Crippen LogP contribution in [0.1, 0.15) is 31.9 Å². The Morgan fingerprint density at radius 1 is 1.24 bits per heavy atom. The van der Waals surface area contributed by atoms with Gasteiger partial charge in [-0.3, -0.25) is 4.79 Å². The Balaban J connectivity index is 2.66. The molecule has 0 saturated carbocycles. The summed E-state index contributed by atoms with van der Waals surface area (Å²) in [6, 6.07) is 7.52. The van der Waals surface area contributed by atoms with Crippen LogP contribution < -0.4 is 0 Å². The van der Waals surface area contributed by atoms with Gasteiger partial charge in [-0.25, -0.2) is 0 Å². The van der Waals surface area contributed by atoms with Crippen LogP contribution in [0.5, 0.6) is 0 Å². The van der Waals surface area contributed by atoms with Crippen molar-refractivity contribution in [2.24, 2.45) is 5.92 Å². The van der Waals surface area contributed by atoms with Crippen molar-refractivity contribution in [3.05, 3.63) is 35.4 Å². The van der Waals surface area contributed by atoms with Gasteiger partial charge in [-0.1, -0.05) is 38.1 Å². The van der Waals surface area contributed by atoms with Crippen molar-refractivity contribution in [3.63, 3.8) is 0 Å². The van der Waals surface area contributed by atoms with Crippen LogP contribution in [0.25, 0.3) is 0 Å². The summed E-state index contributed by atoms with van der Waals surface area (Å²) in [5.74, 6) is -0.351. The number of hydrogen-bond acceptors (Lipinski definition) is 2. The highest BCUT2D eigenvalue weighted by Crippen LogP contribution is 2.14. The molecule has 1 N–H and O–H groups in total. The molecule has 94 valence electrons. The summed E-state index contributed by atoms with van der Waals surface area (Å²) in [4.78, 5) is 10.7. The quantitative estimate of drug-likeness (QED) is 0.826. The van der Waals surface area contributed by atoms with E-state index in [9.17, 15) is 4.79 Å². The standard InChI is InChI=1S/C14H20O3/c1-10(2)11(3)17-9-13-7-5-4-6-12(13)8-14(15)16/h4-7,10-11H,8-9H2,1-3H3,(H,15,16). The molecule has 0 fully saturated rings. The number of carbonyl (C=O) groups is 1. The zero-order chi connectivity index (χ0) is 12.8. The molecule has 0 amide bonds. The molecule has 3 nitrogen and oxygen atoms in total. The van der Waals surface area contributed by atoms with Gasteiger partial charge in [-0.15, -0.1) is 0 Å². The maximum absolute atomic E-state index is 10.7. The molecule has 0 aromatic heterocycles. The summed E-state index contributed by atoms with van der Waals surface area (Å²) in [5.41, 5.74) is 1.79. The molecule has 3 heteroatoms. The van der Waals surface area contributed by atoms with Crippen molar-refractivity contribution in [1.82, 2.24) is 0 Å². The van der Waals surface area contributed by atoms with Crippen molar-refractivity contribution in [1.29, 1.82) is 0 Å². The topological polar surface area (TPSA) is 46.5 Å². The van der Waals surface area contributed by atoms with E-state index in [-0.39, 0.29) is 12.5 Å². The first-order valence-corrected chi connectivity index (χ1v) is 5.91. The average molecular weight is 236 g/mol. The number of aliphatic carboxylic acids is 1. The predicted octanol–water partition coefficient (Wildman–Crippen LogP) is 2.87. The molecule has 17 heavy (non-hydrogen) atoms. The maximum Gasteiger partial charge on any atom is 0.307 e. The Bertz CT molecular complexity index is 371. The van der Waals surface area contributed by atoms with Gasteiger partial charge in [0.1, 0.15) is 0 Å². The Labute approximate surface area is 102 Å². The third kappa shape index (κ3) is 4.57. The Morgan fingerprint density at radius 2 is 1.82 bits per heavy atom. The highest BCUT2D eigenvalue weighted by atomic mass is 16.5. The SMILES string of the molecule is CC(C)C(C)OCc1ccccc1CC(=O)O. The van der Waals surface area contributed by atoms with Gasteiger partial charge in [0.2, 0.25) is 0 Å². The van der Waals surface area contributed by atoms with Gasteiger partial charge in [-0.05, 0) is 24.0 Å². The lowest BCUT2D eigenvalue weighted by Crippen LogP contribution is -2.16. The van der Waals surface area contributed by atoms with E-state index in [1.165, 1.54) is 0 Å². The number of carboxylic acid groups (broad SMARTS) is 1. The summed E-state index contributed by atoms with van der Waals surface area (Å²) in [6.07, 6.45) is 0.225. The third-order valence-corrected chi connectivity index (χ3v) is 2.90. The van der Waals surface area contributed by atoms with Crippen molar-refractivity contribution in [2.45, 2.75) is 39.9 Å². The first kappa shape index (κ1) is 13.7. The van der Waals surface area contributed by atoms with Gasteiger partial charge in [0.15, 0.2) is 0 Å². The fourth-order valence-corrected chi connectivity index (χ4v) is 1.45. The van der Waals surface area contributed by atoms with E-state index in [0.717, 1.165) is 11.1 Å². The summed E-state index contributed by atoms with van der Waals surface area (Å²) < 4.78 is 5.72. The molecule has 1 aromatic carbocycles. The number of carboxylic acids is 1. The van der Waals surface area contributed by atoms with E-state index in [4.69, 9.17) is 9.84 Å². The molecule has 0 spiro atoms. The van der Waals surface area contributed by atoms with Gasteiger partial charge in [-0.2, -0.15) is 0 Å². The Kier molecular flexibility index (Phi) is 5.16. The molecule has 0 aliphatic rings. The van der Waals surface area contributed by atoms with E-state index < -0.39 is 5.97 Å². The van der Waals surface area contributed by atoms with E-state index in [1.54, 1.807) is 0 Å². The Morgan fingerprint density at radius 3 is 2.35 bits per heavy atom. The van der Waals surface area contributed by atoms with Crippen molar-refractivity contribution < 1.29 is 14.6 Å². The lowest BCUT2D eigenvalue weighted by Gasteiger charge is -2.17. The number of benzene rings is 1. The highest BCUT2D eigenvalue weighted by molar-refractivity contribution is 5.70. The first-order chi connectivity index (χ1) is 8.00. The molecule has 0 aliphatic heterocycles. The van der Waals surface area contributed by atoms with Gasteiger partial charge in [0.25, 0.3) is 0 Å². The molecule has 1 aromatic rings. The van der Waals surface area contributed by atoms with Crippen LogP contribution >= 0.6 is 0 Å². The summed E-state index contributed by atoms with van der Waals surface area (Å²) >= 11 is 0. The second-order valence-corrected chi connectivity index (χ2v) is 4.60. The minimum absolute atomic E-state index is 0.0512. The second-order valence-electron chi connectivity index (χ2n) is 4.60. The van der Waals surface area contributed by atoms with Gasteiger partial charge < -0.3 is 9.84 Å². The minimum atomic E-state index is -0.811. The molecule has 0 heterocycles. The van der Waals surface area contributed by atoms with Crippen LogP contribution in [0.2, 0.25) is 0 Å². The number of hydrogen-bond donors (Lipinski definition) is 1. The lowest BCUT2D eigenvalue weighted by molar-refractivity contribution is -0.136. The zero-order valence-electron chi connectivity index (χ0n) is 10.6. The van der Waals surface area contributed by atoms with E-state index in [0.29, 0.717) is 12.5 Å². The molecular weight excluding hydrogens is 216 g/mol. The summed E-state index contributed by atoms with van der Waals surface area (Å²) in [6.45, 7) is 6.72. The van der Waals surface area contributed by atoms with E-state index in [1.807, 2.05) is 31.2 Å². The summed E-state index contributed by atoms with van der Waals surface area (Å²) in [5, 5.41) is 8.82. The highest BCUT2D eigenvalue weighted by Gasteiger charge is 2.10. The molecule has 1 atom stereocenters. The van der Waals surface area contributed by atoms with Crippen LogP contribution in [-0.4, -0.2) is 17.2 Å². The lowest BCUT2D eigenvalue weighted by atomic mass is 10.0. The molecule has 0 bridgehead atoms. The minimum Gasteiger partial charge on any atom is -0.481 e. The van der Waals surface area contributed by atoms with Crippen LogP contribution in [0.4, 0.5) is 0 Å². The Hall–Kier alpha value is -1.35. The van der Waals surface area contributed by atoms with Gasteiger partial charge in [0.05, 0.1) is 19.1 Å². The maximum atomic E-state index is 10.7. The fraction of sp³-hybridized carbons (Fsp3) is 0.500. The van der Waals surface area contributed by atoms with Crippen LogP contribution in [-0.2, 0) is 22.6 Å². The number of rotatable bonds is 6. The zero-order valence-corrected chi connectivity index (χ0v) is 10.6. The first-order valence-electron chi connectivity index (χ1n) is 5.91. The van der Waals surface area contributed by atoms with Crippen molar-refractivity contribution in [3.8, 4) is 0 Å². The van der Waals surface area contributed by atoms with Crippen molar-refractivity contribution >= 4 is 5.97 Å². The third-order valence-electron chi connectivity index (χ3n) is 2.90. The fourth-order valence-electron chi connectivity index (χ4n) is 1.45. The van der Waals surface area contributed by atoms with Crippen molar-refractivity contribution in [2.75, 3.05) is 0 Å². The molecule has 0 radical (unpaired) electrons. The predicted molar refractivity (Wildman–Crippen MR) is 66.9 cm³/mol. The summed E-state index contributed by atoms with van der Waals surface area (Å²) in [7, 11) is 0. The second kappa shape index (κ2) is 6.40. The van der Waals surface area contributed by atoms with Gasteiger partial charge in [0, 0.05) is 0 Å². The molecule has 0 aliphatic carbocycles.